The molecule has 0 spiro atoms. The van der Waals surface area contributed by atoms with Crippen LogP contribution in [0.4, 0.5) is 5.69 Å². The van der Waals surface area contributed by atoms with Gasteiger partial charge in [0.15, 0.2) is 0 Å². The Bertz CT molecular complexity index is 712. The Hall–Kier alpha value is -2.82. The summed E-state index contributed by atoms with van der Waals surface area (Å²) in [5, 5.41) is 2.82. The van der Waals surface area contributed by atoms with Crippen molar-refractivity contribution in [3.63, 3.8) is 0 Å². The van der Waals surface area contributed by atoms with Crippen molar-refractivity contribution in [2.24, 2.45) is 0 Å². The molecule has 118 valence electrons. The van der Waals surface area contributed by atoms with E-state index in [1.165, 1.54) is 0 Å². The number of fused-ring (bicyclic) bond motifs is 1. The highest BCUT2D eigenvalue weighted by Gasteiger charge is 2.15. The maximum Gasteiger partial charge on any atom is 0.338 e. The van der Waals surface area contributed by atoms with E-state index in [0.717, 1.165) is 11.3 Å². The highest BCUT2D eigenvalue weighted by Crippen LogP contribution is 2.26. The molecule has 0 saturated carbocycles. The number of aryl methyl sites for hydroxylation is 1. The molecule has 0 bridgehead atoms. The second kappa shape index (κ2) is 6.96. The van der Waals surface area contributed by atoms with E-state index in [1.807, 2.05) is 18.2 Å². The van der Waals surface area contributed by atoms with Crippen molar-refractivity contribution in [2.45, 2.75) is 12.8 Å². The van der Waals surface area contributed by atoms with Gasteiger partial charge in [-0.15, -0.1) is 0 Å². The van der Waals surface area contributed by atoms with Gasteiger partial charge in [0.25, 0.3) is 0 Å². The maximum absolute atomic E-state index is 11.8. The zero-order valence-corrected chi connectivity index (χ0v) is 12.6. The van der Waals surface area contributed by atoms with Gasteiger partial charge in [-0.2, -0.15) is 0 Å². The van der Waals surface area contributed by atoms with E-state index in [2.05, 4.69) is 5.32 Å². The van der Waals surface area contributed by atoms with Crippen LogP contribution in [0.2, 0.25) is 0 Å². The third kappa shape index (κ3) is 3.88. The largest absolute Gasteiger partial charge is 0.490 e. The zero-order chi connectivity index (χ0) is 16.1. The molecule has 5 nitrogen and oxygen atoms in total. The van der Waals surface area contributed by atoms with Crippen molar-refractivity contribution in [3.8, 4) is 5.75 Å². The normalized spacial score (nSPS) is 13.0. The molecule has 1 aliphatic heterocycles. The van der Waals surface area contributed by atoms with Crippen molar-refractivity contribution < 1.29 is 19.1 Å². The fourth-order valence-corrected chi connectivity index (χ4v) is 2.40. The van der Waals surface area contributed by atoms with Crippen LogP contribution in [-0.4, -0.2) is 25.1 Å². The predicted octanol–water partition coefficient (Wildman–Crippen LogP) is 2.81. The highest BCUT2D eigenvalue weighted by molar-refractivity contribution is 5.94. The van der Waals surface area contributed by atoms with Crippen LogP contribution >= 0.6 is 0 Å². The first kappa shape index (κ1) is 15.1. The zero-order valence-electron chi connectivity index (χ0n) is 12.6. The minimum absolute atomic E-state index is 0.0407. The van der Waals surface area contributed by atoms with Crippen LogP contribution in [0.25, 0.3) is 0 Å². The minimum atomic E-state index is -0.359. The lowest BCUT2D eigenvalue weighted by Crippen LogP contribution is -2.19. The van der Waals surface area contributed by atoms with E-state index in [4.69, 9.17) is 9.47 Å². The molecule has 0 aromatic heterocycles. The van der Waals surface area contributed by atoms with E-state index in [-0.39, 0.29) is 25.1 Å². The van der Waals surface area contributed by atoms with E-state index in [0.29, 0.717) is 24.2 Å². The Morgan fingerprint density at radius 3 is 2.70 bits per heavy atom. The summed E-state index contributed by atoms with van der Waals surface area (Å²) in [5.74, 6) is 0.386. The quantitative estimate of drug-likeness (QED) is 0.681. The molecule has 23 heavy (non-hydrogen) atoms. The average molecular weight is 311 g/mol. The van der Waals surface area contributed by atoms with Gasteiger partial charge in [-0.1, -0.05) is 18.2 Å². The van der Waals surface area contributed by atoms with E-state index >= 15 is 0 Å². The molecule has 0 fully saturated rings. The van der Waals surface area contributed by atoms with Crippen molar-refractivity contribution in [3.05, 3.63) is 59.7 Å². The van der Waals surface area contributed by atoms with Gasteiger partial charge in [-0.3, -0.25) is 4.79 Å². The molecule has 0 radical (unpaired) electrons. The van der Waals surface area contributed by atoms with Gasteiger partial charge >= 0.3 is 5.97 Å². The number of benzene rings is 2. The lowest BCUT2D eigenvalue weighted by atomic mass is 10.0. The van der Waals surface area contributed by atoms with Gasteiger partial charge in [-0.25, -0.2) is 4.79 Å². The van der Waals surface area contributed by atoms with Gasteiger partial charge in [-0.05, 0) is 42.3 Å². The molecular formula is C18H17NO4. The number of anilines is 1. The van der Waals surface area contributed by atoms with E-state index in [9.17, 15) is 9.59 Å². The Balaban J connectivity index is 1.48. The Labute approximate surface area is 134 Å². The topological polar surface area (TPSA) is 64.6 Å². The molecule has 1 heterocycles. The molecule has 5 heteroatoms. The first-order valence-electron chi connectivity index (χ1n) is 7.50. The van der Waals surface area contributed by atoms with E-state index < -0.39 is 0 Å². The van der Waals surface area contributed by atoms with Crippen LogP contribution < -0.4 is 10.1 Å². The number of nitrogens with one attached hydrogen (secondary N) is 1. The minimum Gasteiger partial charge on any atom is -0.490 e. The summed E-state index contributed by atoms with van der Waals surface area (Å²) >= 11 is 0. The van der Waals surface area contributed by atoms with Gasteiger partial charge in [0.2, 0.25) is 5.91 Å². The molecule has 1 amide bonds. The molecule has 2 aromatic rings. The summed E-state index contributed by atoms with van der Waals surface area (Å²) in [5.41, 5.74) is 2.42. The molecule has 3 rings (SSSR count). The molecule has 0 saturated heterocycles. The number of amides is 1. The summed E-state index contributed by atoms with van der Waals surface area (Å²) in [6, 6.07) is 14.4. The van der Waals surface area contributed by atoms with E-state index in [1.54, 1.807) is 30.3 Å². The van der Waals surface area contributed by atoms with Crippen LogP contribution in [0.3, 0.4) is 0 Å². The molecule has 2 aromatic carbocycles. The first-order valence-corrected chi connectivity index (χ1v) is 7.50. The number of hydrogen-bond acceptors (Lipinski definition) is 4. The van der Waals surface area contributed by atoms with Gasteiger partial charge in [0, 0.05) is 12.1 Å². The van der Waals surface area contributed by atoms with Gasteiger partial charge < -0.3 is 14.8 Å². The number of carbonyl (C=O) groups is 2. The standard InChI is InChI=1S/C18H17NO4/c20-17-9-6-14-12-15(7-8-16(14)19-17)22-10-11-23-18(21)13-4-2-1-3-5-13/h1-5,7-8,12H,6,9-11H2,(H,19,20). The number of esters is 1. The third-order valence-corrected chi connectivity index (χ3v) is 3.57. The van der Waals surface area contributed by atoms with Gasteiger partial charge in [0.05, 0.1) is 5.56 Å². The lowest BCUT2D eigenvalue weighted by Gasteiger charge is -2.17. The highest BCUT2D eigenvalue weighted by atomic mass is 16.6. The number of carbonyl (C=O) groups excluding carboxylic acids is 2. The SMILES string of the molecule is O=C1CCc2cc(OCCOC(=O)c3ccccc3)ccc2N1. The Kier molecular flexibility index (Phi) is 4.57. The monoisotopic (exact) mass is 311 g/mol. The molecule has 0 unspecified atom stereocenters. The molecular weight excluding hydrogens is 294 g/mol. The summed E-state index contributed by atoms with van der Waals surface area (Å²) in [7, 11) is 0. The van der Waals surface area contributed by atoms with Crippen LogP contribution in [0.15, 0.2) is 48.5 Å². The maximum atomic E-state index is 11.8. The second-order valence-corrected chi connectivity index (χ2v) is 5.22. The smallest absolute Gasteiger partial charge is 0.338 e. The van der Waals surface area contributed by atoms with Crippen molar-refractivity contribution in [1.29, 1.82) is 0 Å². The Morgan fingerprint density at radius 2 is 1.87 bits per heavy atom. The summed E-state index contributed by atoms with van der Waals surface area (Å²) in [6.07, 6.45) is 1.20. The molecule has 1 N–H and O–H groups in total. The molecule has 0 atom stereocenters. The van der Waals surface area contributed by atoms with Crippen molar-refractivity contribution in [1.82, 2.24) is 0 Å². The lowest BCUT2D eigenvalue weighted by molar-refractivity contribution is -0.116. The van der Waals surface area contributed by atoms with Crippen molar-refractivity contribution >= 4 is 17.6 Å². The summed E-state index contributed by atoms with van der Waals surface area (Å²) in [6.45, 7) is 0.464. The fraction of sp³-hybridized carbons (Fsp3) is 0.222. The van der Waals surface area contributed by atoms with Gasteiger partial charge in [0.1, 0.15) is 19.0 Å². The number of rotatable bonds is 5. The fourth-order valence-electron chi connectivity index (χ4n) is 2.40. The van der Waals surface area contributed by atoms with Crippen molar-refractivity contribution in [2.75, 3.05) is 18.5 Å². The van der Waals surface area contributed by atoms with Crippen LogP contribution in [-0.2, 0) is 16.0 Å². The summed E-state index contributed by atoms with van der Waals surface area (Å²) < 4.78 is 10.8. The molecule has 1 aliphatic rings. The second-order valence-electron chi connectivity index (χ2n) is 5.22. The summed E-state index contributed by atoms with van der Waals surface area (Å²) in [4.78, 5) is 23.1. The first-order chi connectivity index (χ1) is 11.2. The Morgan fingerprint density at radius 1 is 1.04 bits per heavy atom. The number of hydrogen-bond donors (Lipinski definition) is 1. The average Bonchev–Trinajstić information content (AvgIpc) is 2.59. The van der Waals surface area contributed by atoms with Crippen LogP contribution in [0, 0.1) is 0 Å². The van der Waals surface area contributed by atoms with Crippen LogP contribution in [0.1, 0.15) is 22.3 Å². The van der Waals surface area contributed by atoms with Crippen LogP contribution in [0.5, 0.6) is 5.75 Å². The third-order valence-electron chi connectivity index (χ3n) is 3.57. The predicted molar refractivity (Wildman–Crippen MR) is 85.6 cm³/mol. The number of ether oxygens (including phenoxy) is 2. The molecule has 0 aliphatic carbocycles.